The van der Waals surface area contributed by atoms with Crippen LogP contribution in [0.2, 0.25) is 0 Å². The first-order chi connectivity index (χ1) is 13.1. The van der Waals surface area contributed by atoms with Crippen molar-refractivity contribution < 1.29 is 14.3 Å². The van der Waals surface area contributed by atoms with Crippen LogP contribution in [0.1, 0.15) is 38.2 Å². The fourth-order valence-electron chi connectivity index (χ4n) is 3.59. The van der Waals surface area contributed by atoms with Crippen molar-refractivity contribution >= 4 is 11.9 Å². The summed E-state index contributed by atoms with van der Waals surface area (Å²) in [5, 5.41) is 3.00. The lowest BCUT2D eigenvalue weighted by atomic mass is 9.86. The summed E-state index contributed by atoms with van der Waals surface area (Å²) in [5.41, 5.74) is 3.12. The van der Waals surface area contributed by atoms with E-state index in [1.807, 2.05) is 42.5 Å². The monoisotopic (exact) mass is 365 g/mol. The Balaban J connectivity index is 1.44. The van der Waals surface area contributed by atoms with Gasteiger partial charge in [0.1, 0.15) is 0 Å². The SMILES string of the molecule is CC1CCCCC1NC(=O)COC(=O)Cc1ccc(-c2ccccc2)cc1. The minimum Gasteiger partial charge on any atom is -0.455 e. The number of nitrogens with one attached hydrogen (secondary N) is 1. The average molecular weight is 365 g/mol. The van der Waals surface area contributed by atoms with Crippen molar-refractivity contribution in [1.29, 1.82) is 0 Å². The van der Waals surface area contributed by atoms with E-state index in [-0.39, 0.29) is 30.9 Å². The van der Waals surface area contributed by atoms with E-state index in [0.29, 0.717) is 5.92 Å². The summed E-state index contributed by atoms with van der Waals surface area (Å²) in [6.07, 6.45) is 4.69. The molecule has 2 unspecified atom stereocenters. The van der Waals surface area contributed by atoms with Gasteiger partial charge in [0, 0.05) is 6.04 Å². The summed E-state index contributed by atoms with van der Waals surface area (Å²) in [4.78, 5) is 24.1. The molecule has 1 aliphatic carbocycles. The summed E-state index contributed by atoms with van der Waals surface area (Å²) in [6, 6.07) is 18.1. The highest BCUT2D eigenvalue weighted by atomic mass is 16.5. The van der Waals surface area contributed by atoms with Gasteiger partial charge in [0.05, 0.1) is 6.42 Å². The molecule has 27 heavy (non-hydrogen) atoms. The molecule has 2 aromatic rings. The summed E-state index contributed by atoms with van der Waals surface area (Å²) in [6.45, 7) is 1.96. The maximum atomic E-state index is 12.0. The Labute approximate surface area is 160 Å². The van der Waals surface area contributed by atoms with Gasteiger partial charge < -0.3 is 10.1 Å². The van der Waals surface area contributed by atoms with E-state index < -0.39 is 0 Å². The highest BCUT2D eigenvalue weighted by Crippen LogP contribution is 2.23. The number of rotatable bonds is 6. The zero-order valence-electron chi connectivity index (χ0n) is 15.8. The molecule has 2 aromatic carbocycles. The van der Waals surface area contributed by atoms with E-state index in [4.69, 9.17) is 4.74 Å². The van der Waals surface area contributed by atoms with Crippen LogP contribution in [0.15, 0.2) is 54.6 Å². The van der Waals surface area contributed by atoms with Crippen LogP contribution in [0.5, 0.6) is 0 Å². The van der Waals surface area contributed by atoms with Gasteiger partial charge in [-0.3, -0.25) is 9.59 Å². The Morgan fingerprint density at radius 2 is 1.63 bits per heavy atom. The number of amides is 1. The van der Waals surface area contributed by atoms with Gasteiger partial charge in [0.25, 0.3) is 5.91 Å². The van der Waals surface area contributed by atoms with Crippen LogP contribution < -0.4 is 5.32 Å². The third-order valence-electron chi connectivity index (χ3n) is 5.23. The second-order valence-corrected chi connectivity index (χ2v) is 7.34. The second kappa shape index (κ2) is 9.36. The minimum atomic E-state index is -0.380. The first kappa shape index (κ1) is 19.2. The van der Waals surface area contributed by atoms with Crippen molar-refractivity contribution in [3.63, 3.8) is 0 Å². The quantitative estimate of drug-likeness (QED) is 0.783. The summed E-state index contributed by atoms with van der Waals surface area (Å²) < 4.78 is 5.15. The molecule has 0 heterocycles. The largest absolute Gasteiger partial charge is 0.455 e. The molecule has 1 N–H and O–H groups in total. The van der Waals surface area contributed by atoms with E-state index in [9.17, 15) is 9.59 Å². The first-order valence-corrected chi connectivity index (χ1v) is 9.71. The molecule has 0 aliphatic heterocycles. The normalized spacial score (nSPS) is 19.3. The summed E-state index contributed by atoms with van der Waals surface area (Å²) >= 11 is 0. The molecule has 1 amide bonds. The van der Waals surface area contributed by atoms with Crippen LogP contribution in [0.4, 0.5) is 0 Å². The number of hydrogen-bond acceptors (Lipinski definition) is 3. The summed E-state index contributed by atoms with van der Waals surface area (Å²) in [5.74, 6) is -0.0997. The molecule has 0 bridgehead atoms. The van der Waals surface area contributed by atoms with Gasteiger partial charge in [0.15, 0.2) is 6.61 Å². The minimum absolute atomic E-state index is 0.169. The third kappa shape index (κ3) is 5.68. The van der Waals surface area contributed by atoms with Crippen molar-refractivity contribution in [2.45, 2.75) is 45.1 Å². The van der Waals surface area contributed by atoms with Crippen molar-refractivity contribution in [3.8, 4) is 11.1 Å². The molecule has 2 atom stereocenters. The molecule has 0 radical (unpaired) electrons. The second-order valence-electron chi connectivity index (χ2n) is 7.34. The zero-order valence-corrected chi connectivity index (χ0v) is 15.8. The number of esters is 1. The Bertz CT molecular complexity index is 755. The van der Waals surface area contributed by atoms with Crippen LogP contribution in [-0.4, -0.2) is 24.5 Å². The predicted molar refractivity (Wildman–Crippen MR) is 106 cm³/mol. The lowest BCUT2D eigenvalue weighted by Crippen LogP contribution is -2.42. The van der Waals surface area contributed by atoms with E-state index in [0.717, 1.165) is 36.0 Å². The molecule has 4 nitrogen and oxygen atoms in total. The van der Waals surface area contributed by atoms with Crippen LogP contribution in [0.3, 0.4) is 0 Å². The van der Waals surface area contributed by atoms with Crippen molar-refractivity contribution in [1.82, 2.24) is 5.32 Å². The Morgan fingerprint density at radius 3 is 2.33 bits per heavy atom. The number of ether oxygens (including phenoxy) is 1. The number of benzene rings is 2. The molecule has 0 saturated heterocycles. The van der Waals surface area contributed by atoms with Crippen LogP contribution in [-0.2, 0) is 20.7 Å². The molecule has 3 rings (SSSR count). The number of carbonyl (C=O) groups is 2. The topological polar surface area (TPSA) is 55.4 Å². The highest BCUT2D eigenvalue weighted by molar-refractivity contribution is 5.81. The number of hydrogen-bond donors (Lipinski definition) is 1. The van der Waals surface area contributed by atoms with Gasteiger partial charge in [-0.2, -0.15) is 0 Å². The molecular formula is C23H27NO3. The van der Waals surface area contributed by atoms with Crippen molar-refractivity contribution in [2.24, 2.45) is 5.92 Å². The first-order valence-electron chi connectivity index (χ1n) is 9.71. The maximum Gasteiger partial charge on any atom is 0.310 e. The van der Waals surface area contributed by atoms with E-state index >= 15 is 0 Å². The Morgan fingerprint density at radius 1 is 0.963 bits per heavy atom. The molecule has 0 spiro atoms. The standard InChI is InChI=1S/C23H27NO3/c1-17-7-5-6-10-21(17)24-22(25)16-27-23(26)15-18-11-13-20(14-12-18)19-8-3-2-4-9-19/h2-4,8-9,11-14,17,21H,5-7,10,15-16H2,1H3,(H,24,25). The Hall–Kier alpha value is -2.62. The van der Waals surface area contributed by atoms with E-state index in [2.05, 4.69) is 24.4 Å². The smallest absolute Gasteiger partial charge is 0.310 e. The van der Waals surface area contributed by atoms with E-state index in [1.54, 1.807) is 0 Å². The van der Waals surface area contributed by atoms with Crippen LogP contribution in [0.25, 0.3) is 11.1 Å². The molecular weight excluding hydrogens is 338 g/mol. The maximum absolute atomic E-state index is 12.0. The zero-order chi connectivity index (χ0) is 19.1. The lowest BCUT2D eigenvalue weighted by molar-refractivity contribution is -0.148. The summed E-state index contributed by atoms with van der Waals surface area (Å²) in [7, 11) is 0. The predicted octanol–water partition coefficient (Wildman–Crippen LogP) is 4.13. The van der Waals surface area contributed by atoms with Gasteiger partial charge in [-0.05, 0) is 35.4 Å². The molecule has 0 aromatic heterocycles. The fourth-order valence-corrected chi connectivity index (χ4v) is 3.59. The van der Waals surface area contributed by atoms with Gasteiger partial charge in [0.2, 0.25) is 0 Å². The van der Waals surface area contributed by atoms with Crippen LogP contribution in [0, 0.1) is 5.92 Å². The van der Waals surface area contributed by atoms with Gasteiger partial charge in [-0.1, -0.05) is 74.4 Å². The average Bonchev–Trinajstić information content (AvgIpc) is 2.69. The molecule has 142 valence electrons. The molecule has 4 heteroatoms. The highest BCUT2D eigenvalue weighted by Gasteiger charge is 2.23. The number of carbonyl (C=O) groups excluding carboxylic acids is 2. The third-order valence-corrected chi connectivity index (χ3v) is 5.23. The Kier molecular flexibility index (Phi) is 6.64. The lowest BCUT2D eigenvalue weighted by Gasteiger charge is -2.29. The van der Waals surface area contributed by atoms with Gasteiger partial charge in [-0.25, -0.2) is 0 Å². The van der Waals surface area contributed by atoms with Gasteiger partial charge in [-0.15, -0.1) is 0 Å². The van der Waals surface area contributed by atoms with Crippen molar-refractivity contribution in [3.05, 3.63) is 60.2 Å². The molecule has 1 aliphatic rings. The van der Waals surface area contributed by atoms with Gasteiger partial charge >= 0.3 is 5.97 Å². The van der Waals surface area contributed by atoms with Crippen molar-refractivity contribution in [2.75, 3.05) is 6.61 Å². The molecule has 1 fully saturated rings. The fraction of sp³-hybridized carbons (Fsp3) is 0.391. The van der Waals surface area contributed by atoms with Crippen LogP contribution >= 0.6 is 0 Å². The molecule has 1 saturated carbocycles. The van der Waals surface area contributed by atoms with E-state index in [1.165, 1.54) is 6.42 Å².